The molecule has 2 rings (SSSR count). The van der Waals surface area contributed by atoms with E-state index in [2.05, 4.69) is 10.3 Å². The lowest BCUT2D eigenvalue weighted by Crippen LogP contribution is -2.26. The first-order chi connectivity index (χ1) is 12.8. The number of carbonyl (C=O) groups excluding carboxylic acids is 1. The van der Waals surface area contributed by atoms with E-state index in [9.17, 15) is 18.0 Å². The van der Waals surface area contributed by atoms with Crippen molar-refractivity contribution in [2.24, 2.45) is 0 Å². The van der Waals surface area contributed by atoms with Crippen LogP contribution in [-0.4, -0.2) is 36.1 Å². The van der Waals surface area contributed by atoms with Crippen LogP contribution in [-0.2, 0) is 6.18 Å². The van der Waals surface area contributed by atoms with E-state index in [1.807, 2.05) is 6.92 Å². The molecule has 9 heteroatoms. The Balaban J connectivity index is 2.18. The van der Waals surface area contributed by atoms with Gasteiger partial charge in [-0.05, 0) is 24.0 Å². The zero-order valence-corrected chi connectivity index (χ0v) is 15.6. The molecule has 2 aromatic rings. The number of thioether (sulfide) groups is 1. The molecule has 0 spiro atoms. The van der Waals surface area contributed by atoms with E-state index < -0.39 is 17.6 Å². The van der Waals surface area contributed by atoms with Crippen molar-refractivity contribution in [1.29, 1.82) is 0 Å². The van der Waals surface area contributed by atoms with Crippen LogP contribution in [0.15, 0.2) is 36.4 Å². The Labute approximate surface area is 159 Å². The highest BCUT2D eigenvalue weighted by atomic mass is 32.2. The van der Waals surface area contributed by atoms with Crippen LogP contribution < -0.4 is 14.8 Å². The Morgan fingerprint density at radius 1 is 1.22 bits per heavy atom. The molecule has 1 aromatic heterocycles. The molecule has 0 saturated heterocycles. The first-order valence-electron chi connectivity index (χ1n) is 8.10. The highest BCUT2D eigenvalue weighted by Crippen LogP contribution is 2.33. The zero-order valence-electron chi connectivity index (χ0n) is 14.8. The second-order valence-corrected chi connectivity index (χ2v) is 6.70. The molecule has 27 heavy (non-hydrogen) atoms. The molecule has 0 atom stereocenters. The van der Waals surface area contributed by atoms with Gasteiger partial charge < -0.3 is 14.8 Å². The van der Waals surface area contributed by atoms with Crippen molar-refractivity contribution in [2.45, 2.75) is 13.1 Å². The summed E-state index contributed by atoms with van der Waals surface area (Å²) in [6.45, 7) is 2.49. The number of halogens is 3. The van der Waals surface area contributed by atoms with E-state index in [1.54, 1.807) is 11.8 Å². The fourth-order valence-corrected chi connectivity index (χ4v) is 2.63. The van der Waals surface area contributed by atoms with Crippen LogP contribution >= 0.6 is 11.8 Å². The number of nitrogens with one attached hydrogen (secondary N) is 1. The van der Waals surface area contributed by atoms with Crippen molar-refractivity contribution >= 4 is 17.7 Å². The van der Waals surface area contributed by atoms with Crippen LogP contribution in [0.1, 0.15) is 23.0 Å². The summed E-state index contributed by atoms with van der Waals surface area (Å²) in [4.78, 5) is 16.3. The number of nitrogens with zero attached hydrogens (tertiary/aromatic N) is 1. The number of methoxy groups -OCH3 is 1. The van der Waals surface area contributed by atoms with Gasteiger partial charge in [-0.3, -0.25) is 4.79 Å². The lowest BCUT2D eigenvalue weighted by Gasteiger charge is -2.11. The Morgan fingerprint density at radius 3 is 2.67 bits per heavy atom. The second-order valence-electron chi connectivity index (χ2n) is 5.31. The number of hydrogen-bond acceptors (Lipinski definition) is 5. The van der Waals surface area contributed by atoms with E-state index in [-0.39, 0.29) is 17.3 Å². The molecule has 146 valence electrons. The average molecular weight is 400 g/mol. The molecule has 0 unspecified atom stereocenters. The maximum atomic E-state index is 12.8. The van der Waals surface area contributed by atoms with Gasteiger partial charge in [-0.15, -0.1) is 0 Å². The Kier molecular flexibility index (Phi) is 7.35. The van der Waals surface area contributed by atoms with Gasteiger partial charge in [0.2, 0.25) is 5.88 Å². The number of benzene rings is 1. The third-order valence-corrected chi connectivity index (χ3v) is 4.26. The van der Waals surface area contributed by atoms with E-state index in [1.165, 1.54) is 31.4 Å². The number of hydrogen-bond donors (Lipinski definition) is 1. The largest absolute Gasteiger partial charge is 0.496 e. The van der Waals surface area contributed by atoms with Gasteiger partial charge in [-0.1, -0.05) is 13.0 Å². The van der Waals surface area contributed by atoms with Crippen LogP contribution in [0.4, 0.5) is 13.2 Å². The van der Waals surface area contributed by atoms with E-state index in [0.29, 0.717) is 12.3 Å². The van der Waals surface area contributed by atoms with Crippen LogP contribution in [0.25, 0.3) is 0 Å². The van der Waals surface area contributed by atoms with Crippen molar-refractivity contribution in [1.82, 2.24) is 10.3 Å². The van der Waals surface area contributed by atoms with E-state index in [4.69, 9.17) is 9.47 Å². The lowest BCUT2D eigenvalue weighted by atomic mass is 10.2. The highest BCUT2D eigenvalue weighted by Gasteiger charge is 2.30. The van der Waals surface area contributed by atoms with Crippen molar-refractivity contribution in [3.8, 4) is 17.4 Å². The summed E-state index contributed by atoms with van der Waals surface area (Å²) in [6, 6.07) is 7.24. The van der Waals surface area contributed by atoms with Gasteiger partial charge in [0.05, 0.1) is 12.7 Å². The van der Waals surface area contributed by atoms with Crippen molar-refractivity contribution < 1.29 is 27.4 Å². The molecular formula is C18H19F3N2O3S. The van der Waals surface area contributed by atoms with Crippen LogP contribution in [0.3, 0.4) is 0 Å². The molecule has 0 radical (unpaired) electrons. The van der Waals surface area contributed by atoms with Crippen LogP contribution in [0, 0.1) is 0 Å². The van der Waals surface area contributed by atoms with Crippen LogP contribution in [0.2, 0.25) is 0 Å². The third-order valence-electron chi connectivity index (χ3n) is 3.36. The summed E-state index contributed by atoms with van der Waals surface area (Å²) < 4.78 is 49.0. The van der Waals surface area contributed by atoms with Gasteiger partial charge >= 0.3 is 6.18 Å². The predicted octanol–water partition coefficient (Wildman–Crippen LogP) is 4.38. The third kappa shape index (κ3) is 6.35. The average Bonchev–Trinajstić information content (AvgIpc) is 2.64. The molecule has 0 aliphatic carbocycles. The second kappa shape index (κ2) is 9.50. The number of rotatable bonds is 8. The van der Waals surface area contributed by atoms with Gasteiger partial charge in [-0.2, -0.15) is 24.9 Å². The van der Waals surface area contributed by atoms with Gasteiger partial charge in [0.15, 0.2) is 0 Å². The quantitative estimate of drug-likeness (QED) is 0.666. The van der Waals surface area contributed by atoms with Gasteiger partial charge in [0.25, 0.3) is 5.91 Å². The Bertz CT molecular complexity index is 785. The monoisotopic (exact) mass is 400 g/mol. The zero-order chi connectivity index (χ0) is 19.9. The smallest absolute Gasteiger partial charge is 0.416 e. The normalized spacial score (nSPS) is 11.1. The summed E-state index contributed by atoms with van der Waals surface area (Å²) in [5, 5.41) is 2.72. The summed E-state index contributed by atoms with van der Waals surface area (Å²) >= 11 is 1.68. The summed E-state index contributed by atoms with van der Waals surface area (Å²) in [5.74, 6) is 1.51. The minimum atomic E-state index is -4.48. The molecule has 1 heterocycles. The Hall–Kier alpha value is -2.42. The van der Waals surface area contributed by atoms with Gasteiger partial charge in [0.1, 0.15) is 17.2 Å². The van der Waals surface area contributed by atoms with E-state index >= 15 is 0 Å². The molecule has 0 aliphatic heterocycles. The first kappa shape index (κ1) is 20.9. The van der Waals surface area contributed by atoms with Crippen molar-refractivity contribution in [3.63, 3.8) is 0 Å². The molecule has 0 saturated carbocycles. The summed E-state index contributed by atoms with van der Waals surface area (Å²) in [5.41, 5.74) is -0.785. The summed E-state index contributed by atoms with van der Waals surface area (Å²) in [7, 11) is 1.41. The van der Waals surface area contributed by atoms with Gasteiger partial charge in [-0.25, -0.2) is 4.98 Å². The first-order valence-corrected chi connectivity index (χ1v) is 9.26. The number of alkyl halides is 3. The minimum absolute atomic E-state index is 0.0400. The maximum Gasteiger partial charge on any atom is 0.416 e. The number of pyridine rings is 1. The van der Waals surface area contributed by atoms with E-state index in [0.717, 1.165) is 23.6 Å². The topological polar surface area (TPSA) is 60.5 Å². The van der Waals surface area contributed by atoms with Crippen molar-refractivity contribution in [2.75, 3.05) is 25.2 Å². The van der Waals surface area contributed by atoms with Gasteiger partial charge in [0, 0.05) is 24.4 Å². The highest BCUT2D eigenvalue weighted by molar-refractivity contribution is 7.99. The lowest BCUT2D eigenvalue weighted by molar-refractivity contribution is -0.137. The fraction of sp³-hybridized carbons (Fsp3) is 0.333. The Morgan fingerprint density at radius 2 is 2.00 bits per heavy atom. The number of aromatic nitrogens is 1. The number of ether oxygens (including phenoxy) is 2. The van der Waals surface area contributed by atoms with Crippen molar-refractivity contribution in [3.05, 3.63) is 47.7 Å². The molecule has 1 amide bonds. The molecule has 0 bridgehead atoms. The van der Waals surface area contributed by atoms with Crippen LogP contribution in [0.5, 0.6) is 17.4 Å². The molecule has 1 aromatic carbocycles. The molecule has 5 nitrogen and oxygen atoms in total. The molecule has 1 N–H and O–H groups in total. The predicted molar refractivity (Wildman–Crippen MR) is 97.6 cm³/mol. The maximum absolute atomic E-state index is 12.8. The molecule has 0 fully saturated rings. The minimum Gasteiger partial charge on any atom is -0.496 e. The number of carbonyl (C=O) groups is 1. The summed E-state index contributed by atoms with van der Waals surface area (Å²) in [6.07, 6.45) is -4.48. The molecule has 0 aliphatic rings. The standard InChI is InChI=1S/C18H19F3N2O3S/c1-3-27-8-7-22-17(24)15-10-14(25-2)11-16(23-15)26-13-6-4-5-12(9-13)18(19,20)21/h4-6,9-11H,3,7-8H2,1-2H3,(H,22,24). The molecular weight excluding hydrogens is 381 g/mol. The number of amides is 1. The fourth-order valence-electron chi connectivity index (χ4n) is 2.10. The SMILES string of the molecule is CCSCCNC(=O)c1cc(OC)cc(Oc2cccc(C(F)(F)F)c2)n1.